The third kappa shape index (κ3) is 2.74. The Bertz CT molecular complexity index is 428. The van der Waals surface area contributed by atoms with Gasteiger partial charge in [-0.1, -0.05) is 0 Å². The lowest BCUT2D eigenvalue weighted by Gasteiger charge is -2.13. The molecule has 1 saturated carbocycles. The van der Waals surface area contributed by atoms with Crippen LogP contribution in [-0.4, -0.2) is 36.0 Å². The van der Waals surface area contributed by atoms with Crippen molar-refractivity contribution in [3.63, 3.8) is 0 Å². The van der Waals surface area contributed by atoms with E-state index in [9.17, 15) is 4.79 Å². The molecule has 0 aliphatic heterocycles. The van der Waals surface area contributed by atoms with E-state index in [1.165, 1.54) is 4.90 Å². The summed E-state index contributed by atoms with van der Waals surface area (Å²) in [5, 5.41) is 0. The van der Waals surface area contributed by atoms with Crippen molar-refractivity contribution in [1.82, 2.24) is 9.88 Å². The minimum absolute atomic E-state index is 0.136. The molecule has 1 aliphatic rings. The summed E-state index contributed by atoms with van der Waals surface area (Å²) in [5.41, 5.74) is 6.76. The molecule has 2 rings (SSSR count). The molecule has 0 bridgehead atoms. The first kappa shape index (κ1) is 11.9. The van der Waals surface area contributed by atoms with Crippen LogP contribution in [0.5, 0.6) is 5.75 Å². The highest BCUT2D eigenvalue weighted by Gasteiger charge is 2.24. The molecule has 5 nitrogen and oxygen atoms in total. The Balaban J connectivity index is 2.23. The van der Waals surface area contributed by atoms with E-state index in [-0.39, 0.29) is 12.5 Å². The zero-order valence-electron chi connectivity index (χ0n) is 10.1. The minimum Gasteiger partial charge on any atom is -0.489 e. The van der Waals surface area contributed by atoms with Crippen LogP contribution in [0.4, 0.5) is 0 Å². The van der Waals surface area contributed by atoms with Crippen LogP contribution in [0.3, 0.4) is 0 Å². The molecule has 5 heteroatoms. The van der Waals surface area contributed by atoms with Crippen LogP contribution >= 0.6 is 0 Å². The Morgan fingerprint density at radius 2 is 2.29 bits per heavy atom. The number of pyridine rings is 1. The summed E-state index contributed by atoms with van der Waals surface area (Å²) in [7, 11) is 3.39. The summed E-state index contributed by atoms with van der Waals surface area (Å²) in [6.07, 6.45) is 4.10. The zero-order valence-corrected chi connectivity index (χ0v) is 10.1. The highest BCUT2D eigenvalue weighted by atomic mass is 16.5. The van der Waals surface area contributed by atoms with Gasteiger partial charge in [-0.25, -0.2) is 4.98 Å². The fourth-order valence-electron chi connectivity index (χ4n) is 1.49. The van der Waals surface area contributed by atoms with Crippen molar-refractivity contribution in [2.45, 2.75) is 25.5 Å². The van der Waals surface area contributed by atoms with Gasteiger partial charge in [0.25, 0.3) is 5.91 Å². The van der Waals surface area contributed by atoms with Crippen LogP contribution in [0.1, 0.15) is 28.9 Å². The summed E-state index contributed by atoms with van der Waals surface area (Å²) in [6, 6.07) is 1.81. The Labute approximate surface area is 101 Å². The minimum atomic E-state index is -0.136. The topological polar surface area (TPSA) is 68.5 Å². The Kier molecular flexibility index (Phi) is 3.28. The number of aromatic nitrogens is 1. The van der Waals surface area contributed by atoms with Crippen molar-refractivity contribution < 1.29 is 9.53 Å². The van der Waals surface area contributed by atoms with E-state index in [1.54, 1.807) is 20.3 Å². The maximum atomic E-state index is 11.8. The molecule has 1 aromatic heterocycles. The number of carbonyl (C=O) groups excluding carboxylic acids is 1. The molecule has 0 spiro atoms. The van der Waals surface area contributed by atoms with Gasteiger partial charge in [-0.05, 0) is 18.9 Å². The van der Waals surface area contributed by atoms with Crippen LogP contribution in [0.2, 0.25) is 0 Å². The van der Waals surface area contributed by atoms with Crippen LogP contribution in [-0.2, 0) is 6.54 Å². The van der Waals surface area contributed by atoms with E-state index in [4.69, 9.17) is 10.5 Å². The van der Waals surface area contributed by atoms with Gasteiger partial charge in [-0.3, -0.25) is 4.79 Å². The Morgan fingerprint density at radius 3 is 2.82 bits per heavy atom. The number of carbonyl (C=O) groups is 1. The maximum absolute atomic E-state index is 11.8. The predicted octanol–water partition coefficient (Wildman–Crippen LogP) is 0.783. The molecule has 0 radical (unpaired) electrons. The molecule has 0 aromatic carbocycles. The van der Waals surface area contributed by atoms with Gasteiger partial charge in [0.2, 0.25) is 0 Å². The second-order valence-electron chi connectivity index (χ2n) is 4.40. The predicted molar refractivity (Wildman–Crippen MR) is 63.8 cm³/mol. The average molecular weight is 235 g/mol. The molecule has 1 heterocycles. The van der Waals surface area contributed by atoms with Gasteiger partial charge >= 0.3 is 0 Å². The third-order valence-corrected chi connectivity index (χ3v) is 2.60. The van der Waals surface area contributed by atoms with E-state index in [1.807, 2.05) is 6.07 Å². The normalized spacial score (nSPS) is 14.5. The number of amides is 1. The number of hydrogen-bond donors (Lipinski definition) is 1. The van der Waals surface area contributed by atoms with Crippen molar-refractivity contribution in [1.29, 1.82) is 0 Å². The Morgan fingerprint density at radius 1 is 1.59 bits per heavy atom. The van der Waals surface area contributed by atoms with Crippen molar-refractivity contribution in [2.75, 3.05) is 14.1 Å². The number of ether oxygens (including phenoxy) is 1. The van der Waals surface area contributed by atoms with Crippen molar-refractivity contribution in [3.05, 3.63) is 23.5 Å². The number of nitrogens with zero attached hydrogens (tertiary/aromatic N) is 2. The Hall–Kier alpha value is -1.62. The highest BCUT2D eigenvalue weighted by molar-refractivity contribution is 5.93. The third-order valence-electron chi connectivity index (χ3n) is 2.60. The lowest BCUT2D eigenvalue weighted by atomic mass is 10.1. The zero-order chi connectivity index (χ0) is 12.4. The first-order chi connectivity index (χ1) is 8.11. The van der Waals surface area contributed by atoms with Crippen LogP contribution in [0.25, 0.3) is 0 Å². The van der Waals surface area contributed by atoms with Crippen LogP contribution in [0.15, 0.2) is 12.3 Å². The van der Waals surface area contributed by atoms with Crippen molar-refractivity contribution >= 4 is 5.91 Å². The quantitative estimate of drug-likeness (QED) is 0.837. The standard InChI is InChI=1S/C12H17N3O2/c1-15(2)12(16)11-8(6-13)5-10(7-14-11)17-9-3-4-9/h5,7,9H,3-4,6,13H2,1-2H3. The van der Waals surface area contributed by atoms with Gasteiger partial charge in [0.1, 0.15) is 11.4 Å². The van der Waals surface area contributed by atoms with E-state index in [0.29, 0.717) is 17.5 Å². The smallest absolute Gasteiger partial charge is 0.272 e. The average Bonchev–Trinajstić information content (AvgIpc) is 3.11. The monoisotopic (exact) mass is 235 g/mol. The van der Waals surface area contributed by atoms with Crippen LogP contribution < -0.4 is 10.5 Å². The summed E-state index contributed by atoms with van der Waals surface area (Å²) >= 11 is 0. The van der Waals surface area contributed by atoms with Gasteiger partial charge in [-0.2, -0.15) is 0 Å². The van der Waals surface area contributed by atoms with Gasteiger partial charge in [0, 0.05) is 26.2 Å². The fraction of sp³-hybridized carbons (Fsp3) is 0.500. The molecule has 0 atom stereocenters. The molecule has 1 aromatic rings. The molecule has 1 fully saturated rings. The van der Waals surface area contributed by atoms with E-state index in [0.717, 1.165) is 18.4 Å². The second kappa shape index (κ2) is 4.71. The fourth-order valence-corrected chi connectivity index (χ4v) is 1.49. The van der Waals surface area contributed by atoms with E-state index < -0.39 is 0 Å². The van der Waals surface area contributed by atoms with Gasteiger partial charge in [0.05, 0.1) is 12.3 Å². The summed E-state index contributed by atoms with van der Waals surface area (Å²) in [4.78, 5) is 17.5. The second-order valence-corrected chi connectivity index (χ2v) is 4.40. The van der Waals surface area contributed by atoms with E-state index in [2.05, 4.69) is 4.98 Å². The number of rotatable bonds is 4. The first-order valence-electron chi connectivity index (χ1n) is 5.69. The summed E-state index contributed by atoms with van der Waals surface area (Å²) < 4.78 is 5.62. The van der Waals surface area contributed by atoms with Crippen LogP contribution in [0, 0.1) is 0 Å². The largest absolute Gasteiger partial charge is 0.489 e. The van der Waals surface area contributed by atoms with Gasteiger partial charge in [0.15, 0.2) is 0 Å². The van der Waals surface area contributed by atoms with Crippen molar-refractivity contribution in [2.24, 2.45) is 5.73 Å². The molecule has 17 heavy (non-hydrogen) atoms. The first-order valence-corrected chi connectivity index (χ1v) is 5.69. The molecule has 1 amide bonds. The van der Waals surface area contributed by atoms with Gasteiger partial charge < -0.3 is 15.4 Å². The molecular formula is C12H17N3O2. The molecule has 1 aliphatic carbocycles. The molecule has 2 N–H and O–H groups in total. The maximum Gasteiger partial charge on any atom is 0.272 e. The van der Waals surface area contributed by atoms with Crippen molar-refractivity contribution in [3.8, 4) is 5.75 Å². The number of nitrogens with two attached hydrogens (primary N) is 1. The molecular weight excluding hydrogens is 218 g/mol. The summed E-state index contributed by atoms with van der Waals surface area (Å²) in [6.45, 7) is 0.282. The van der Waals surface area contributed by atoms with Gasteiger partial charge in [-0.15, -0.1) is 0 Å². The molecule has 0 saturated heterocycles. The number of hydrogen-bond acceptors (Lipinski definition) is 4. The lowest BCUT2D eigenvalue weighted by molar-refractivity contribution is 0.0820. The summed E-state index contributed by atoms with van der Waals surface area (Å²) in [5.74, 6) is 0.562. The molecule has 92 valence electrons. The van der Waals surface area contributed by atoms with E-state index >= 15 is 0 Å². The molecule has 0 unspecified atom stereocenters. The lowest BCUT2D eigenvalue weighted by Crippen LogP contribution is -2.25. The highest BCUT2D eigenvalue weighted by Crippen LogP contribution is 2.27. The SMILES string of the molecule is CN(C)C(=O)c1ncc(OC2CC2)cc1CN.